The van der Waals surface area contributed by atoms with Gasteiger partial charge in [0.25, 0.3) is 0 Å². The van der Waals surface area contributed by atoms with E-state index in [2.05, 4.69) is 0 Å². The van der Waals surface area contributed by atoms with Crippen molar-refractivity contribution >= 4 is 43.9 Å². The summed E-state index contributed by atoms with van der Waals surface area (Å²) in [6.07, 6.45) is 5.29. The van der Waals surface area contributed by atoms with E-state index in [4.69, 9.17) is 47.2 Å². The lowest BCUT2D eigenvalue weighted by Gasteiger charge is -2.08. The number of hydrogen-bond donors (Lipinski definition) is 4. The van der Waals surface area contributed by atoms with Crippen molar-refractivity contribution in [1.29, 1.82) is 0 Å². The van der Waals surface area contributed by atoms with Crippen LogP contribution in [0, 0.1) is 13.8 Å². The van der Waals surface area contributed by atoms with Crippen LogP contribution < -0.4 is 26.4 Å². The Kier molecular flexibility index (Phi) is 16.4. The third-order valence-electron chi connectivity index (χ3n) is 9.14. The number of furan rings is 1. The molecule has 1 aliphatic heterocycles. The van der Waals surface area contributed by atoms with Gasteiger partial charge in [-0.25, -0.2) is 14.4 Å². The van der Waals surface area contributed by atoms with E-state index in [0.717, 1.165) is 44.0 Å². The number of benzene rings is 3. The summed E-state index contributed by atoms with van der Waals surface area (Å²) < 4.78 is 36.6. The van der Waals surface area contributed by atoms with E-state index < -0.39 is 11.3 Å². The molecule has 7 aromatic rings. The zero-order chi connectivity index (χ0) is 45.0. The molecule has 324 valence electrons. The van der Waals surface area contributed by atoms with Crippen molar-refractivity contribution in [2.24, 2.45) is 0 Å². The van der Waals surface area contributed by atoms with Gasteiger partial charge in [0.05, 0.1) is 38.8 Å². The predicted molar refractivity (Wildman–Crippen MR) is 234 cm³/mol. The number of fused-ring (bicyclic) bond motifs is 4. The van der Waals surface area contributed by atoms with Crippen molar-refractivity contribution in [2.45, 2.75) is 67.1 Å². The fraction of sp³-hybridized carbons (Fsp3) is 0.298. The van der Waals surface area contributed by atoms with Gasteiger partial charge in [0, 0.05) is 51.4 Å². The van der Waals surface area contributed by atoms with E-state index in [1.165, 1.54) is 43.5 Å². The molecule has 0 aliphatic carbocycles. The summed E-state index contributed by atoms with van der Waals surface area (Å²) in [7, 11) is 1.42. The van der Waals surface area contributed by atoms with Crippen LogP contribution in [0.3, 0.4) is 0 Å². The maximum atomic E-state index is 12.1. The molecule has 14 heteroatoms. The first kappa shape index (κ1) is 47.2. The number of aromatic hydroxyl groups is 1. The van der Waals surface area contributed by atoms with Crippen molar-refractivity contribution in [3.63, 3.8) is 0 Å². The van der Waals surface area contributed by atoms with E-state index in [1.54, 1.807) is 42.7 Å². The van der Waals surface area contributed by atoms with Gasteiger partial charge in [0.15, 0.2) is 11.5 Å². The summed E-state index contributed by atoms with van der Waals surface area (Å²) in [5, 5.41) is 37.8. The van der Waals surface area contributed by atoms with Gasteiger partial charge < -0.3 is 52.3 Å². The minimum absolute atomic E-state index is 0.0330. The first-order valence-electron chi connectivity index (χ1n) is 19.2. The average molecular weight is 841 g/mol. The van der Waals surface area contributed by atoms with Gasteiger partial charge in [0.1, 0.15) is 34.2 Å². The van der Waals surface area contributed by atoms with Crippen molar-refractivity contribution in [1.82, 2.24) is 0 Å². The predicted octanol–water partition coefficient (Wildman–Crippen LogP) is 8.61. The van der Waals surface area contributed by atoms with Crippen LogP contribution in [0.4, 0.5) is 0 Å². The van der Waals surface area contributed by atoms with Crippen LogP contribution in [-0.4, -0.2) is 59.1 Å². The van der Waals surface area contributed by atoms with Crippen LogP contribution in [0.2, 0.25) is 0 Å². The lowest BCUT2D eigenvalue weighted by molar-refractivity contribution is 0.238. The van der Waals surface area contributed by atoms with Crippen molar-refractivity contribution < 1.29 is 52.3 Å². The van der Waals surface area contributed by atoms with E-state index in [9.17, 15) is 19.5 Å². The Bertz CT molecular complexity index is 2810. The van der Waals surface area contributed by atoms with Crippen LogP contribution in [-0.2, 0) is 4.74 Å². The number of aliphatic hydroxyl groups excluding tert-OH is 3. The lowest BCUT2D eigenvalue weighted by atomic mass is 10.0. The quantitative estimate of drug-likeness (QED) is 0.0701. The molecular formula is C47H52O14. The van der Waals surface area contributed by atoms with Crippen LogP contribution in [0.5, 0.6) is 23.0 Å². The topological polar surface area (TPSA) is 216 Å². The van der Waals surface area contributed by atoms with Crippen LogP contribution in [0.1, 0.15) is 52.7 Å². The number of hydrogen-bond acceptors (Lipinski definition) is 14. The summed E-state index contributed by atoms with van der Waals surface area (Å²) in [5.74, 6) is 0.360. The molecule has 14 nitrogen and oxygen atoms in total. The Morgan fingerprint density at radius 2 is 1.28 bits per heavy atom. The number of aliphatic hydroxyl groups is 3. The van der Waals surface area contributed by atoms with E-state index in [1.807, 2.05) is 61.5 Å². The van der Waals surface area contributed by atoms with E-state index in [-0.39, 0.29) is 60.0 Å². The first-order chi connectivity index (χ1) is 28.9. The molecule has 8 rings (SSSR count). The summed E-state index contributed by atoms with van der Waals surface area (Å²) in [6, 6.07) is 17.3. The Morgan fingerprint density at radius 3 is 1.84 bits per heavy atom. The molecule has 4 N–H and O–H groups in total. The number of aryl methyl sites for hydroxylation is 2. The zero-order valence-electron chi connectivity index (χ0n) is 35.7. The number of epoxide rings is 1. The number of allylic oxidation sites excluding steroid dienone is 2. The second kappa shape index (κ2) is 21.2. The largest absolute Gasteiger partial charge is 0.504 e. The number of methoxy groups -OCH3 is 1. The van der Waals surface area contributed by atoms with E-state index in [0.29, 0.717) is 22.3 Å². The summed E-state index contributed by atoms with van der Waals surface area (Å²) >= 11 is 0. The van der Waals surface area contributed by atoms with Crippen molar-refractivity contribution in [2.75, 3.05) is 26.9 Å². The molecule has 0 saturated carbocycles. The molecular weight excluding hydrogens is 789 g/mol. The minimum Gasteiger partial charge on any atom is -0.504 e. The highest BCUT2D eigenvalue weighted by molar-refractivity contribution is 6.00. The molecule has 1 fully saturated rings. The average Bonchev–Trinajstić information content (AvgIpc) is 3.55. The second-order valence-electron chi connectivity index (χ2n) is 14.7. The Morgan fingerprint density at radius 1 is 0.705 bits per heavy atom. The Balaban J connectivity index is 0.000000197. The lowest BCUT2D eigenvalue weighted by Crippen LogP contribution is -2.05. The smallest absolute Gasteiger partial charge is 0.379 e. The van der Waals surface area contributed by atoms with Gasteiger partial charge in [-0.05, 0) is 103 Å². The summed E-state index contributed by atoms with van der Waals surface area (Å²) in [4.78, 5) is 34.7. The fourth-order valence-corrected chi connectivity index (χ4v) is 5.67. The maximum absolute atomic E-state index is 12.1. The van der Waals surface area contributed by atoms with Gasteiger partial charge in [-0.2, -0.15) is 0 Å². The standard InChI is InChI=1S/C19H12O7.C13H10O3.C5H10O2.2C5H10O/c1-23-16-6-11-7-17(19(22)26-15(11)9-13(16)20)24-12-4-2-10-3-5-18(21)25-14(10)8-12;1-7-9-3-4-11(14)16-13(9)8(2)12-10(7)5-6-15-12;1-5(2)4(3-6)7-5;2*1-5(2)3-4-6/h2-9,20H,1H3;3-6H,1-2H3;4,6H,3H2,1-2H3;2*3,6H,4H2,1-2H3. The van der Waals surface area contributed by atoms with Gasteiger partial charge in [-0.3, -0.25) is 0 Å². The molecule has 0 amide bonds. The normalized spacial score (nSPS) is 13.3. The molecule has 1 saturated heterocycles. The second-order valence-corrected chi connectivity index (χ2v) is 14.7. The highest BCUT2D eigenvalue weighted by Crippen LogP contribution is 2.35. The Labute approximate surface area is 351 Å². The molecule has 1 unspecified atom stereocenters. The first-order valence-corrected chi connectivity index (χ1v) is 19.2. The van der Waals surface area contributed by atoms with Crippen molar-refractivity contribution in [3.8, 4) is 23.0 Å². The number of phenolic OH excluding ortho intramolecular Hbond substituents is 1. The fourth-order valence-electron chi connectivity index (χ4n) is 5.67. The summed E-state index contributed by atoms with van der Waals surface area (Å²) in [6.45, 7) is 16.1. The Hall–Kier alpha value is -6.45. The number of phenols is 1. The van der Waals surface area contributed by atoms with Gasteiger partial charge in [0.2, 0.25) is 5.75 Å². The SMILES string of the molecule is CC(C)=CCO.CC(C)=CCO.CC1(C)OC1CO.COc1cc2cc(Oc3ccc4ccc(=O)oc4c3)c(=O)oc2cc1O.Cc1c2ccoc2c(C)c2oc(=O)ccc12. The molecule has 5 heterocycles. The minimum atomic E-state index is -0.711. The molecule has 1 atom stereocenters. The van der Waals surface area contributed by atoms with Crippen molar-refractivity contribution in [3.05, 3.63) is 139 Å². The zero-order valence-corrected chi connectivity index (χ0v) is 35.7. The summed E-state index contributed by atoms with van der Waals surface area (Å²) in [5.41, 5.74) is 4.67. The van der Waals surface area contributed by atoms with Gasteiger partial charge in [-0.15, -0.1) is 0 Å². The third kappa shape index (κ3) is 12.8. The molecule has 61 heavy (non-hydrogen) atoms. The van der Waals surface area contributed by atoms with Gasteiger partial charge >= 0.3 is 16.9 Å². The molecule has 0 spiro atoms. The number of rotatable bonds is 6. The monoisotopic (exact) mass is 840 g/mol. The maximum Gasteiger partial charge on any atom is 0.379 e. The third-order valence-corrected chi connectivity index (χ3v) is 9.14. The number of ether oxygens (including phenoxy) is 3. The van der Waals surface area contributed by atoms with E-state index >= 15 is 0 Å². The molecule has 1 aliphatic rings. The van der Waals surface area contributed by atoms with Gasteiger partial charge in [-0.1, -0.05) is 23.3 Å². The highest BCUT2D eigenvalue weighted by atomic mass is 16.6. The van der Waals surface area contributed by atoms with Crippen LogP contribution in [0.15, 0.2) is 128 Å². The molecule has 0 radical (unpaired) electrons. The van der Waals surface area contributed by atoms with Crippen LogP contribution >= 0.6 is 0 Å². The molecule has 4 aromatic heterocycles. The highest BCUT2D eigenvalue weighted by Gasteiger charge is 2.46. The van der Waals surface area contributed by atoms with Crippen LogP contribution in [0.25, 0.3) is 43.9 Å². The molecule has 3 aromatic carbocycles. The molecule has 0 bridgehead atoms.